The van der Waals surface area contributed by atoms with Crippen LogP contribution in [0.5, 0.6) is 0 Å². The van der Waals surface area contributed by atoms with Gasteiger partial charge < -0.3 is 0 Å². The molecule has 0 heterocycles. The minimum absolute atomic E-state index is 0.0106. The van der Waals surface area contributed by atoms with Crippen LogP contribution in [0.2, 0.25) is 0 Å². The summed E-state index contributed by atoms with van der Waals surface area (Å²) in [5.74, 6) is 4.83. The van der Waals surface area contributed by atoms with Gasteiger partial charge in [-0.15, -0.1) is 0 Å². The van der Waals surface area contributed by atoms with Gasteiger partial charge in [-0.1, -0.05) is 6.42 Å². The molecular weight excluding hydrogens is 312 g/mol. The SMILES string of the molecule is O=C(CC1CC2CCC1C2)NNC(=O)CC12CC3CC(CC(C3)C1)C2. The number of hydrogen-bond donors (Lipinski definition) is 2. The molecule has 6 saturated carbocycles. The number of hydrogen-bond acceptors (Lipinski definition) is 2. The summed E-state index contributed by atoms with van der Waals surface area (Å²) in [6.45, 7) is 0. The van der Waals surface area contributed by atoms with Crippen LogP contribution in [-0.2, 0) is 9.59 Å². The molecule has 138 valence electrons. The molecule has 0 radical (unpaired) electrons. The molecule has 6 bridgehead atoms. The fourth-order valence-electron chi connectivity index (χ4n) is 7.95. The van der Waals surface area contributed by atoms with Crippen molar-refractivity contribution in [3.8, 4) is 0 Å². The van der Waals surface area contributed by atoms with Crippen LogP contribution in [0.4, 0.5) is 0 Å². The van der Waals surface area contributed by atoms with Crippen LogP contribution in [0, 0.1) is 40.9 Å². The zero-order chi connectivity index (χ0) is 17.0. The third-order valence-electron chi connectivity index (χ3n) is 8.37. The summed E-state index contributed by atoms with van der Waals surface area (Å²) in [7, 11) is 0. The number of hydrazine groups is 1. The predicted molar refractivity (Wildman–Crippen MR) is 95.1 cm³/mol. The minimum Gasteiger partial charge on any atom is -0.273 e. The second kappa shape index (κ2) is 5.99. The lowest BCUT2D eigenvalue weighted by Gasteiger charge is -2.56. The molecule has 2 N–H and O–H groups in total. The van der Waals surface area contributed by atoms with Crippen LogP contribution >= 0.6 is 0 Å². The summed E-state index contributed by atoms with van der Waals surface area (Å²) in [5, 5.41) is 0. The molecule has 25 heavy (non-hydrogen) atoms. The van der Waals surface area contributed by atoms with Crippen molar-refractivity contribution in [2.24, 2.45) is 40.9 Å². The Balaban J connectivity index is 1.10. The van der Waals surface area contributed by atoms with E-state index in [0.29, 0.717) is 18.8 Å². The first-order valence-electron chi connectivity index (χ1n) is 10.6. The molecule has 6 rings (SSSR count). The second-order valence-corrected chi connectivity index (χ2v) is 10.3. The quantitative estimate of drug-likeness (QED) is 0.766. The van der Waals surface area contributed by atoms with E-state index < -0.39 is 0 Å². The van der Waals surface area contributed by atoms with Crippen molar-refractivity contribution in [1.82, 2.24) is 10.9 Å². The van der Waals surface area contributed by atoms with Gasteiger partial charge >= 0.3 is 0 Å². The van der Waals surface area contributed by atoms with E-state index in [0.717, 1.165) is 29.6 Å². The molecule has 6 aliphatic carbocycles. The Bertz CT molecular complexity index is 537. The van der Waals surface area contributed by atoms with E-state index in [9.17, 15) is 9.59 Å². The molecule has 0 spiro atoms. The van der Waals surface area contributed by atoms with Crippen molar-refractivity contribution in [3.63, 3.8) is 0 Å². The lowest BCUT2D eigenvalue weighted by atomic mass is 9.49. The van der Waals surface area contributed by atoms with Gasteiger partial charge in [0.2, 0.25) is 11.8 Å². The van der Waals surface area contributed by atoms with Crippen LogP contribution < -0.4 is 10.9 Å². The van der Waals surface area contributed by atoms with Crippen molar-refractivity contribution >= 4 is 11.8 Å². The second-order valence-electron chi connectivity index (χ2n) is 10.3. The van der Waals surface area contributed by atoms with E-state index in [4.69, 9.17) is 0 Å². The Kier molecular flexibility index (Phi) is 3.87. The third-order valence-corrected chi connectivity index (χ3v) is 8.37. The highest BCUT2D eigenvalue weighted by Gasteiger charge is 2.51. The van der Waals surface area contributed by atoms with Gasteiger partial charge in [0.1, 0.15) is 0 Å². The van der Waals surface area contributed by atoms with Crippen LogP contribution in [0.1, 0.15) is 77.0 Å². The van der Waals surface area contributed by atoms with E-state index in [1.807, 2.05) is 0 Å². The minimum atomic E-state index is 0.0106. The number of fused-ring (bicyclic) bond motifs is 2. The number of amides is 2. The maximum atomic E-state index is 12.5. The van der Waals surface area contributed by atoms with Crippen molar-refractivity contribution in [1.29, 1.82) is 0 Å². The monoisotopic (exact) mass is 344 g/mol. The van der Waals surface area contributed by atoms with Gasteiger partial charge in [-0.2, -0.15) is 0 Å². The van der Waals surface area contributed by atoms with Gasteiger partial charge in [0.25, 0.3) is 0 Å². The highest BCUT2D eigenvalue weighted by Crippen LogP contribution is 2.61. The molecule has 6 aliphatic rings. The van der Waals surface area contributed by atoms with Gasteiger partial charge in [0, 0.05) is 12.8 Å². The fraction of sp³-hybridized carbons (Fsp3) is 0.905. The normalized spacial score (nSPS) is 46.4. The summed E-state index contributed by atoms with van der Waals surface area (Å²) in [4.78, 5) is 24.7. The molecule has 4 heteroatoms. The van der Waals surface area contributed by atoms with Gasteiger partial charge in [0.15, 0.2) is 0 Å². The molecule has 0 saturated heterocycles. The molecule has 4 nitrogen and oxygen atoms in total. The molecule has 0 aromatic rings. The smallest absolute Gasteiger partial charge is 0.238 e. The Morgan fingerprint density at radius 3 is 1.96 bits per heavy atom. The zero-order valence-electron chi connectivity index (χ0n) is 15.3. The summed E-state index contributed by atoms with van der Waals surface area (Å²) >= 11 is 0. The lowest BCUT2D eigenvalue weighted by Crippen LogP contribution is -2.50. The lowest BCUT2D eigenvalue weighted by molar-refractivity contribution is -0.134. The highest BCUT2D eigenvalue weighted by atomic mass is 16.2. The number of carbonyl (C=O) groups is 2. The summed E-state index contributed by atoms with van der Waals surface area (Å²) in [6, 6.07) is 0. The van der Waals surface area contributed by atoms with Gasteiger partial charge in [-0.05, 0) is 98.7 Å². The van der Waals surface area contributed by atoms with Crippen molar-refractivity contribution in [2.45, 2.75) is 77.0 Å². The Morgan fingerprint density at radius 2 is 1.40 bits per heavy atom. The average molecular weight is 344 g/mol. The number of rotatable bonds is 4. The largest absolute Gasteiger partial charge is 0.273 e. The predicted octanol–water partition coefficient (Wildman–Crippen LogP) is 3.57. The highest BCUT2D eigenvalue weighted by molar-refractivity contribution is 5.82. The van der Waals surface area contributed by atoms with Crippen molar-refractivity contribution < 1.29 is 9.59 Å². The maximum absolute atomic E-state index is 12.5. The Hall–Kier alpha value is -1.06. The fourth-order valence-corrected chi connectivity index (χ4v) is 7.95. The van der Waals surface area contributed by atoms with Gasteiger partial charge in [0.05, 0.1) is 0 Å². The van der Waals surface area contributed by atoms with Gasteiger partial charge in [-0.3, -0.25) is 20.4 Å². The van der Waals surface area contributed by atoms with E-state index in [2.05, 4.69) is 10.9 Å². The first kappa shape index (κ1) is 16.1. The summed E-state index contributed by atoms with van der Waals surface area (Å²) < 4.78 is 0. The van der Waals surface area contributed by atoms with E-state index in [-0.39, 0.29) is 17.2 Å². The first-order valence-corrected chi connectivity index (χ1v) is 10.6. The van der Waals surface area contributed by atoms with Crippen LogP contribution in [0.15, 0.2) is 0 Å². The van der Waals surface area contributed by atoms with Crippen molar-refractivity contribution in [3.05, 3.63) is 0 Å². The molecule has 3 unspecified atom stereocenters. The van der Waals surface area contributed by atoms with E-state index >= 15 is 0 Å². The number of carbonyl (C=O) groups excluding carboxylic acids is 2. The first-order chi connectivity index (χ1) is 12.1. The maximum Gasteiger partial charge on any atom is 0.238 e. The van der Waals surface area contributed by atoms with E-state index in [1.165, 1.54) is 64.2 Å². The Morgan fingerprint density at radius 1 is 0.760 bits per heavy atom. The molecular formula is C21H32N2O2. The van der Waals surface area contributed by atoms with Crippen molar-refractivity contribution in [2.75, 3.05) is 0 Å². The molecule has 0 aliphatic heterocycles. The molecule has 2 amide bonds. The van der Waals surface area contributed by atoms with E-state index in [1.54, 1.807) is 0 Å². The average Bonchev–Trinajstić information content (AvgIpc) is 3.14. The van der Waals surface area contributed by atoms with Crippen LogP contribution in [0.25, 0.3) is 0 Å². The molecule has 3 atom stereocenters. The number of nitrogens with one attached hydrogen (secondary N) is 2. The summed E-state index contributed by atoms with van der Waals surface area (Å²) in [5.41, 5.74) is 5.69. The van der Waals surface area contributed by atoms with Gasteiger partial charge in [-0.25, -0.2) is 0 Å². The zero-order valence-corrected chi connectivity index (χ0v) is 15.3. The van der Waals surface area contributed by atoms with Crippen LogP contribution in [-0.4, -0.2) is 11.8 Å². The molecule has 0 aromatic carbocycles. The molecule has 0 aromatic heterocycles. The molecule has 6 fully saturated rings. The Labute approximate surface area is 150 Å². The standard InChI is InChI=1S/C21H32N2O2/c24-19(8-18-7-13-1-2-17(18)6-13)22-23-20(25)12-21-9-14-3-15(10-21)5-16(4-14)11-21/h13-18H,1-12H2,(H,22,24)(H,23,25). The topological polar surface area (TPSA) is 58.2 Å². The third kappa shape index (κ3) is 3.10. The summed E-state index contributed by atoms with van der Waals surface area (Å²) in [6.07, 6.45) is 14.4. The van der Waals surface area contributed by atoms with Crippen LogP contribution in [0.3, 0.4) is 0 Å².